The van der Waals surface area contributed by atoms with Crippen LogP contribution in [-0.2, 0) is 25.6 Å². The van der Waals surface area contributed by atoms with Crippen LogP contribution in [0.3, 0.4) is 0 Å². The number of benzene rings is 1. The molecule has 1 aromatic carbocycles. The normalized spacial score (nSPS) is 17.5. The number of hydrogen-bond donors (Lipinski definition) is 3. The lowest BCUT2D eigenvalue weighted by Crippen LogP contribution is -2.45. The second-order valence-corrected chi connectivity index (χ2v) is 7.04. The van der Waals surface area contributed by atoms with Gasteiger partial charge in [-0.2, -0.15) is 0 Å². The number of rotatable bonds is 5. The molecular formula is C22H25N3O6. The molecule has 0 bridgehead atoms. The molecule has 3 aromatic rings. The molecule has 0 saturated carbocycles. The van der Waals surface area contributed by atoms with Gasteiger partial charge in [0.25, 0.3) is 0 Å². The molecule has 1 fully saturated rings. The number of fused-ring (bicyclic) bond motifs is 1. The van der Waals surface area contributed by atoms with Crippen molar-refractivity contribution in [1.82, 2.24) is 14.9 Å². The third kappa shape index (κ3) is 5.88. The summed E-state index contributed by atoms with van der Waals surface area (Å²) in [5, 5.41) is 16.0. The van der Waals surface area contributed by atoms with Crippen molar-refractivity contribution in [2.75, 3.05) is 26.8 Å². The predicted molar refractivity (Wildman–Crippen MR) is 113 cm³/mol. The molecule has 9 heteroatoms. The second kappa shape index (κ2) is 10.7. The van der Waals surface area contributed by atoms with E-state index in [2.05, 4.69) is 39.3 Å². The number of aliphatic carboxylic acids is 2. The minimum atomic E-state index is -1.82. The van der Waals surface area contributed by atoms with Crippen LogP contribution in [0.1, 0.15) is 17.2 Å². The number of morpholine rings is 1. The van der Waals surface area contributed by atoms with Crippen molar-refractivity contribution in [2.24, 2.45) is 0 Å². The van der Waals surface area contributed by atoms with E-state index < -0.39 is 11.9 Å². The standard InChI is InChI=1S/C20H23N3O2.C2H2O4/c1-24-19(15-6-3-2-4-7-15)18-14-23(10-11-25-18)13-16-12-22-20-17(16)8-5-9-21-20;3-1(4)2(5)6/h2-9,12,18-19H,10-11,13-14H2,1H3,(H,21,22);(H,3,4)(H,5,6)/t18?,19-;/m0./s1. The van der Waals surface area contributed by atoms with E-state index in [-0.39, 0.29) is 12.2 Å². The van der Waals surface area contributed by atoms with E-state index in [1.165, 1.54) is 10.9 Å². The summed E-state index contributed by atoms with van der Waals surface area (Å²) in [5.74, 6) is -3.65. The molecular weight excluding hydrogens is 402 g/mol. The lowest BCUT2D eigenvalue weighted by molar-refractivity contribution is -0.159. The van der Waals surface area contributed by atoms with Gasteiger partial charge in [-0.1, -0.05) is 30.3 Å². The summed E-state index contributed by atoms with van der Waals surface area (Å²) in [5.41, 5.74) is 3.38. The second-order valence-electron chi connectivity index (χ2n) is 7.04. The molecule has 1 saturated heterocycles. The van der Waals surface area contributed by atoms with Crippen LogP contribution in [0.2, 0.25) is 0 Å². The van der Waals surface area contributed by atoms with Crippen LogP contribution in [0.15, 0.2) is 54.9 Å². The van der Waals surface area contributed by atoms with Gasteiger partial charge in [0.15, 0.2) is 0 Å². The van der Waals surface area contributed by atoms with Crippen LogP contribution in [0, 0.1) is 0 Å². The third-order valence-corrected chi connectivity index (χ3v) is 5.01. The molecule has 1 aliphatic rings. The van der Waals surface area contributed by atoms with Gasteiger partial charge in [-0.05, 0) is 23.3 Å². The molecule has 3 heterocycles. The summed E-state index contributed by atoms with van der Waals surface area (Å²) < 4.78 is 11.8. The molecule has 1 unspecified atom stereocenters. The lowest BCUT2D eigenvalue weighted by atomic mass is 10.0. The summed E-state index contributed by atoms with van der Waals surface area (Å²) in [4.78, 5) is 28.3. The number of ether oxygens (including phenoxy) is 2. The number of pyridine rings is 1. The Kier molecular flexibility index (Phi) is 7.71. The average Bonchev–Trinajstić information content (AvgIpc) is 3.19. The van der Waals surface area contributed by atoms with Crippen molar-refractivity contribution >= 4 is 23.0 Å². The van der Waals surface area contributed by atoms with Gasteiger partial charge in [0.2, 0.25) is 0 Å². The summed E-state index contributed by atoms with van der Waals surface area (Å²) >= 11 is 0. The number of methoxy groups -OCH3 is 1. The largest absolute Gasteiger partial charge is 0.473 e. The molecule has 0 amide bonds. The molecule has 0 aliphatic carbocycles. The highest BCUT2D eigenvalue weighted by Crippen LogP contribution is 2.27. The molecule has 2 atom stereocenters. The molecule has 31 heavy (non-hydrogen) atoms. The number of carboxylic acids is 2. The van der Waals surface area contributed by atoms with Crippen LogP contribution in [0.25, 0.3) is 11.0 Å². The van der Waals surface area contributed by atoms with E-state index in [9.17, 15) is 0 Å². The van der Waals surface area contributed by atoms with Crippen LogP contribution < -0.4 is 0 Å². The number of carbonyl (C=O) groups is 2. The number of nitrogens with one attached hydrogen (secondary N) is 1. The Morgan fingerprint density at radius 3 is 2.65 bits per heavy atom. The highest BCUT2D eigenvalue weighted by Gasteiger charge is 2.29. The predicted octanol–water partition coefficient (Wildman–Crippen LogP) is 2.31. The van der Waals surface area contributed by atoms with E-state index in [1.54, 1.807) is 7.11 Å². The van der Waals surface area contributed by atoms with E-state index >= 15 is 0 Å². The molecule has 1 aliphatic heterocycles. The van der Waals surface area contributed by atoms with Crippen molar-refractivity contribution in [3.8, 4) is 0 Å². The molecule has 4 rings (SSSR count). The van der Waals surface area contributed by atoms with E-state index in [1.807, 2.05) is 30.5 Å². The lowest BCUT2D eigenvalue weighted by Gasteiger charge is -2.36. The number of hydrogen-bond acceptors (Lipinski definition) is 6. The maximum Gasteiger partial charge on any atom is 0.414 e. The Bertz CT molecular complexity index is 995. The monoisotopic (exact) mass is 427 g/mol. The minimum Gasteiger partial charge on any atom is -0.473 e. The van der Waals surface area contributed by atoms with Crippen molar-refractivity contribution in [1.29, 1.82) is 0 Å². The molecule has 0 radical (unpaired) electrons. The number of H-pyrrole nitrogens is 1. The molecule has 3 N–H and O–H groups in total. The first kappa shape index (κ1) is 22.4. The van der Waals surface area contributed by atoms with Crippen molar-refractivity contribution < 1.29 is 29.3 Å². The van der Waals surface area contributed by atoms with Crippen molar-refractivity contribution in [3.63, 3.8) is 0 Å². The Morgan fingerprint density at radius 2 is 1.97 bits per heavy atom. The number of aromatic amines is 1. The Morgan fingerprint density at radius 1 is 1.23 bits per heavy atom. The SMILES string of the molecule is CO[C@@H](c1ccccc1)C1CN(Cc2c[nH]c3ncccc23)CCO1.O=C(O)C(=O)O. The van der Waals surface area contributed by atoms with E-state index in [4.69, 9.17) is 29.3 Å². The zero-order valence-corrected chi connectivity index (χ0v) is 17.1. The van der Waals surface area contributed by atoms with Gasteiger partial charge in [-0.25, -0.2) is 14.6 Å². The van der Waals surface area contributed by atoms with Gasteiger partial charge in [-0.3, -0.25) is 4.90 Å². The fraction of sp³-hybridized carbons (Fsp3) is 0.318. The molecule has 9 nitrogen and oxygen atoms in total. The zero-order chi connectivity index (χ0) is 22.2. The van der Waals surface area contributed by atoms with Gasteiger partial charge in [0.05, 0.1) is 6.61 Å². The summed E-state index contributed by atoms with van der Waals surface area (Å²) in [6, 6.07) is 14.4. The van der Waals surface area contributed by atoms with E-state index in [0.29, 0.717) is 0 Å². The highest BCUT2D eigenvalue weighted by molar-refractivity contribution is 6.27. The van der Waals surface area contributed by atoms with E-state index in [0.717, 1.165) is 37.5 Å². The minimum absolute atomic E-state index is 0.0319. The van der Waals surface area contributed by atoms with Crippen LogP contribution in [0.4, 0.5) is 0 Å². The summed E-state index contributed by atoms with van der Waals surface area (Å²) in [7, 11) is 1.76. The average molecular weight is 427 g/mol. The van der Waals surface area contributed by atoms with Crippen molar-refractivity contribution in [3.05, 3.63) is 66.0 Å². The fourth-order valence-electron chi connectivity index (χ4n) is 3.59. The molecule has 164 valence electrons. The number of carboxylic acid groups (broad SMARTS) is 2. The van der Waals surface area contributed by atoms with Gasteiger partial charge in [-0.15, -0.1) is 0 Å². The highest BCUT2D eigenvalue weighted by atomic mass is 16.5. The van der Waals surface area contributed by atoms with Gasteiger partial charge in [0, 0.05) is 44.5 Å². The first-order chi connectivity index (χ1) is 15.0. The van der Waals surface area contributed by atoms with Crippen LogP contribution >= 0.6 is 0 Å². The van der Waals surface area contributed by atoms with Crippen LogP contribution in [-0.4, -0.2) is 69.9 Å². The molecule has 2 aromatic heterocycles. The van der Waals surface area contributed by atoms with Crippen LogP contribution in [0.5, 0.6) is 0 Å². The summed E-state index contributed by atoms with van der Waals surface area (Å²) in [6.07, 6.45) is 3.86. The topological polar surface area (TPSA) is 125 Å². The van der Waals surface area contributed by atoms with Gasteiger partial charge >= 0.3 is 11.9 Å². The Balaban J connectivity index is 0.000000401. The first-order valence-corrected chi connectivity index (χ1v) is 9.78. The summed E-state index contributed by atoms with van der Waals surface area (Å²) in [6.45, 7) is 3.38. The number of aromatic nitrogens is 2. The Labute approximate surface area is 179 Å². The molecule has 0 spiro atoms. The fourth-order valence-corrected chi connectivity index (χ4v) is 3.59. The third-order valence-electron chi connectivity index (χ3n) is 5.01. The van der Waals surface area contributed by atoms with Gasteiger partial charge in [0.1, 0.15) is 17.9 Å². The van der Waals surface area contributed by atoms with Gasteiger partial charge < -0.3 is 24.7 Å². The van der Waals surface area contributed by atoms with Crippen molar-refractivity contribution in [2.45, 2.75) is 18.8 Å². The Hall–Kier alpha value is -3.27. The smallest absolute Gasteiger partial charge is 0.414 e. The number of nitrogens with zero attached hydrogens (tertiary/aromatic N) is 2. The quantitative estimate of drug-likeness (QED) is 0.530. The maximum absolute atomic E-state index is 9.10. The maximum atomic E-state index is 9.10. The first-order valence-electron chi connectivity index (χ1n) is 9.78. The zero-order valence-electron chi connectivity index (χ0n) is 17.1.